The first kappa shape index (κ1) is 17.9. The molecular weight excluding hydrogens is 288 g/mol. The molecule has 1 aromatic carbocycles. The summed E-state index contributed by atoms with van der Waals surface area (Å²) in [5.41, 5.74) is 2.04. The van der Waals surface area contributed by atoms with Crippen molar-refractivity contribution < 1.29 is 14.2 Å². The number of benzene rings is 1. The van der Waals surface area contributed by atoms with E-state index in [0.717, 1.165) is 12.0 Å². The van der Waals surface area contributed by atoms with Crippen molar-refractivity contribution in [1.82, 2.24) is 0 Å². The minimum absolute atomic E-state index is 0.132. The molecule has 0 saturated carbocycles. The van der Waals surface area contributed by atoms with E-state index in [0.29, 0.717) is 6.61 Å². The van der Waals surface area contributed by atoms with Gasteiger partial charge in [-0.1, -0.05) is 55.0 Å². The summed E-state index contributed by atoms with van der Waals surface area (Å²) in [6.45, 7) is 10.9. The highest BCUT2D eigenvalue weighted by Gasteiger charge is 2.54. The molecule has 0 spiro atoms. The number of ether oxygens (including phenoxy) is 3. The van der Waals surface area contributed by atoms with Crippen LogP contribution in [0.15, 0.2) is 54.6 Å². The molecule has 0 bridgehead atoms. The normalized spacial score (nSPS) is 31.3. The van der Waals surface area contributed by atoms with Crippen molar-refractivity contribution in [2.45, 2.75) is 52.3 Å². The molecule has 23 heavy (non-hydrogen) atoms. The first-order chi connectivity index (χ1) is 11.1. The molecule has 0 unspecified atom stereocenters. The standard InChI is InChI=1S/C20H28O3/c1-6-11-15(3)20(4)18(17(7-2)23-19(20)21-5)22-14-16-12-9-8-10-13-16/h7-13,17-19H,2,6,14H2,1,3-5H3/b15-11+/t17-,18+,19+,20+/m1/s1. The zero-order valence-corrected chi connectivity index (χ0v) is 14.6. The van der Waals surface area contributed by atoms with Gasteiger partial charge in [-0.2, -0.15) is 0 Å². The minimum Gasteiger partial charge on any atom is -0.369 e. The predicted octanol–water partition coefficient (Wildman–Crippen LogP) is 4.49. The van der Waals surface area contributed by atoms with Crippen molar-refractivity contribution in [2.24, 2.45) is 5.41 Å². The van der Waals surface area contributed by atoms with Gasteiger partial charge in [-0.05, 0) is 25.8 Å². The predicted molar refractivity (Wildman–Crippen MR) is 93.0 cm³/mol. The van der Waals surface area contributed by atoms with Crippen molar-refractivity contribution in [1.29, 1.82) is 0 Å². The first-order valence-electron chi connectivity index (χ1n) is 8.21. The van der Waals surface area contributed by atoms with E-state index in [-0.39, 0.29) is 23.9 Å². The molecule has 1 aliphatic heterocycles. The lowest BCUT2D eigenvalue weighted by Crippen LogP contribution is -2.41. The zero-order valence-electron chi connectivity index (χ0n) is 14.6. The van der Waals surface area contributed by atoms with Crippen LogP contribution in [0.5, 0.6) is 0 Å². The Kier molecular flexibility index (Phi) is 6.17. The molecule has 1 aliphatic rings. The number of allylic oxidation sites excluding steroid dienone is 1. The van der Waals surface area contributed by atoms with Gasteiger partial charge in [0.1, 0.15) is 12.2 Å². The van der Waals surface area contributed by atoms with Crippen LogP contribution in [0.2, 0.25) is 0 Å². The maximum Gasteiger partial charge on any atom is 0.169 e. The SMILES string of the molecule is C=C[C@H]1O[C@H](OC)[C@@](C)(/C(C)=C/CC)[C@H]1OCc1ccccc1. The third-order valence-electron chi connectivity index (χ3n) is 4.74. The number of methoxy groups -OCH3 is 1. The fourth-order valence-electron chi connectivity index (χ4n) is 3.27. The van der Waals surface area contributed by atoms with Gasteiger partial charge in [-0.3, -0.25) is 0 Å². The number of hydrogen-bond acceptors (Lipinski definition) is 3. The van der Waals surface area contributed by atoms with Gasteiger partial charge >= 0.3 is 0 Å². The van der Waals surface area contributed by atoms with E-state index in [2.05, 4.69) is 45.6 Å². The Balaban J connectivity index is 2.26. The first-order valence-corrected chi connectivity index (χ1v) is 8.21. The fraction of sp³-hybridized carbons (Fsp3) is 0.500. The Labute approximate surface area is 139 Å². The molecule has 3 nitrogen and oxygen atoms in total. The van der Waals surface area contributed by atoms with Gasteiger partial charge in [-0.15, -0.1) is 6.58 Å². The molecule has 0 amide bonds. The Morgan fingerprint density at radius 2 is 2.04 bits per heavy atom. The van der Waals surface area contributed by atoms with Gasteiger partial charge < -0.3 is 14.2 Å². The highest BCUT2D eigenvalue weighted by molar-refractivity contribution is 5.21. The molecule has 0 aliphatic carbocycles. The van der Waals surface area contributed by atoms with E-state index in [1.165, 1.54) is 5.57 Å². The summed E-state index contributed by atoms with van der Waals surface area (Å²) in [6, 6.07) is 10.2. The molecule has 0 aromatic heterocycles. The van der Waals surface area contributed by atoms with Gasteiger partial charge in [0.2, 0.25) is 0 Å². The molecule has 1 aromatic rings. The maximum atomic E-state index is 6.29. The molecule has 126 valence electrons. The van der Waals surface area contributed by atoms with Gasteiger partial charge in [0.05, 0.1) is 12.0 Å². The second-order valence-corrected chi connectivity index (χ2v) is 6.20. The van der Waals surface area contributed by atoms with Gasteiger partial charge in [0.25, 0.3) is 0 Å². The highest BCUT2D eigenvalue weighted by atomic mass is 16.7. The second-order valence-electron chi connectivity index (χ2n) is 6.20. The van der Waals surface area contributed by atoms with E-state index in [1.54, 1.807) is 7.11 Å². The summed E-state index contributed by atoms with van der Waals surface area (Å²) in [7, 11) is 1.68. The summed E-state index contributed by atoms with van der Waals surface area (Å²) in [4.78, 5) is 0. The summed E-state index contributed by atoms with van der Waals surface area (Å²) in [5.74, 6) is 0. The van der Waals surface area contributed by atoms with Gasteiger partial charge in [0, 0.05) is 7.11 Å². The van der Waals surface area contributed by atoms with Crippen LogP contribution in [-0.2, 0) is 20.8 Å². The van der Waals surface area contributed by atoms with Crippen molar-refractivity contribution in [3.05, 3.63) is 60.2 Å². The van der Waals surface area contributed by atoms with Crippen molar-refractivity contribution in [3.63, 3.8) is 0 Å². The Morgan fingerprint density at radius 3 is 2.61 bits per heavy atom. The monoisotopic (exact) mass is 316 g/mol. The van der Waals surface area contributed by atoms with Crippen LogP contribution in [-0.4, -0.2) is 25.6 Å². The third-order valence-corrected chi connectivity index (χ3v) is 4.74. The lowest BCUT2D eigenvalue weighted by Gasteiger charge is -2.35. The molecule has 1 heterocycles. The van der Waals surface area contributed by atoms with Gasteiger partial charge in [0.15, 0.2) is 6.29 Å². The van der Waals surface area contributed by atoms with Crippen molar-refractivity contribution >= 4 is 0 Å². The summed E-state index contributed by atoms with van der Waals surface area (Å²) in [6.07, 6.45) is 4.35. The number of hydrogen-bond donors (Lipinski definition) is 0. The van der Waals surface area contributed by atoms with Crippen LogP contribution >= 0.6 is 0 Å². The van der Waals surface area contributed by atoms with Crippen molar-refractivity contribution in [2.75, 3.05) is 7.11 Å². The van der Waals surface area contributed by atoms with Crippen LogP contribution in [0.4, 0.5) is 0 Å². The largest absolute Gasteiger partial charge is 0.369 e. The Bertz CT molecular complexity index is 537. The van der Waals surface area contributed by atoms with Crippen molar-refractivity contribution in [3.8, 4) is 0 Å². The van der Waals surface area contributed by atoms with Crippen LogP contribution in [0.1, 0.15) is 32.8 Å². The van der Waals surface area contributed by atoms with E-state index >= 15 is 0 Å². The average molecular weight is 316 g/mol. The molecule has 3 heteroatoms. The Morgan fingerprint density at radius 1 is 1.35 bits per heavy atom. The van der Waals surface area contributed by atoms with E-state index in [1.807, 2.05) is 24.3 Å². The third kappa shape index (κ3) is 3.57. The minimum atomic E-state index is -0.339. The molecule has 1 fully saturated rings. The molecule has 0 radical (unpaired) electrons. The molecule has 2 rings (SSSR count). The maximum absolute atomic E-state index is 6.29. The van der Waals surface area contributed by atoms with Gasteiger partial charge in [-0.25, -0.2) is 0 Å². The highest BCUT2D eigenvalue weighted by Crippen LogP contribution is 2.47. The van der Waals surface area contributed by atoms with Crippen LogP contribution in [0, 0.1) is 5.41 Å². The Hall–Kier alpha value is -1.42. The second kappa shape index (κ2) is 7.91. The molecule has 1 saturated heterocycles. The lowest BCUT2D eigenvalue weighted by atomic mass is 9.76. The smallest absolute Gasteiger partial charge is 0.169 e. The summed E-state index contributed by atoms with van der Waals surface area (Å²) >= 11 is 0. The topological polar surface area (TPSA) is 27.7 Å². The fourth-order valence-corrected chi connectivity index (χ4v) is 3.27. The molecule has 4 atom stereocenters. The van der Waals surface area contributed by atoms with E-state index in [9.17, 15) is 0 Å². The van der Waals surface area contributed by atoms with E-state index < -0.39 is 0 Å². The number of rotatable bonds is 7. The summed E-state index contributed by atoms with van der Waals surface area (Å²) < 4.78 is 17.9. The molecule has 0 N–H and O–H groups in total. The van der Waals surface area contributed by atoms with Crippen LogP contribution in [0.25, 0.3) is 0 Å². The lowest BCUT2D eigenvalue weighted by molar-refractivity contribution is -0.140. The zero-order chi connectivity index (χ0) is 16.9. The van der Waals surface area contributed by atoms with E-state index in [4.69, 9.17) is 14.2 Å². The van der Waals surface area contributed by atoms with Crippen LogP contribution < -0.4 is 0 Å². The van der Waals surface area contributed by atoms with Crippen LogP contribution in [0.3, 0.4) is 0 Å². The average Bonchev–Trinajstić information content (AvgIpc) is 2.86. The quantitative estimate of drug-likeness (QED) is 0.694. The molecular formula is C20H28O3. The summed E-state index contributed by atoms with van der Waals surface area (Å²) in [5, 5.41) is 0.